The molecule has 17 heavy (non-hydrogen) atoms. The number of halogens is 1. The van der Waals surface area contributed by atoms with E-state index in [-0.39, 0.29) is 17.3 Å². The Morgan fingerprint density at radius 1 is 1.35 bits per heavy atom. The minimum atomic E-state index is -0.204. The monoisotopic (exact) mass is 272 g/mol. The van der Waals surface area contributed by atoms with Crippen molar-refractivity contribution in [3.63, 3.8) is 0 Å². The summed E-state index contributed by atoms with van der Waals surface area (Å²) >= 11 is 7.53. The molecule has 0 heterocycles. The quantitative estimate of drug-likeness (QED) is 0.777. The lowest BCUT2D eigenvalue weighted by Gasteiger charge is -2.16. The van der Waals surface area contributed by atoms with Gasteiger partial charge in [0.15, 0.2) is 0 Å². The van der Waals surface area contributed by atoms with E-state index >= 15 is 0 Å². The summed E-state index contributed by atoms with van der Waals surface area (Å²) in [5, 5.41) is 0.628. The molecule has 0 aliphatic rings. The number of carbonyl (C=O) groups excluding carboxylic acids is 1. The summed E-state index contributed by atoms with van der Waals surface area (Å²) in [6.45, 7) is 6.44. The zero-order valence-electron chi connectivity index (χ0n) is 10.3. The lowest BCUT2D eigenvalue weighted by atomic mass is 10.2. The van der Waals surface area contributed by atoms with Gasteiger partial charge in [-0.05, 0) is 6.07 Å². The molecule has 0 aliphatic heterocycles. The Balaban J connectivity index is 2.36. The summed E-state index contributed by atoms with van der Waals surface area (Å²) in [5.74, 6) is 0.165. The first-order valence-electron chi connectivity index (χ1n) is 5.41. The molecule has 0 saturated carbocycles. The number of hydrogen-bond acceptors (Lipinski definition) is 3. The van der Waals surface area contributed by atoms with Crippen LogP contribution in [0.5, 0.6) is 0 Å². The second-order valence-corrected chi connectivity index (χ2v) is 6.86. The molecule has 0 unspecified atom stereocenters. The molecule has 1 aromatic carbocycles. The molecule has 1 aromatic rings. The maximum absolute atomic E-state index is 11.5. The van der Waals surface area contributed by atoms with Crippen LogP contribution in [-0.4, -0.2) is 16.5 Å². The molecular weight excluding hydrogens is 256 g/mol. The standard InChI is InChI=1S/C13H17ClO2S/c1-13(2,3)17-9-12(15)16-8-10-6-4-5-7-11(10)14/h4-7H,8-9H2,1-3H3. The highest BCUT2D eigenvalue weighted by Crippen LogP contribution is 2.23. The molecule has 0 fully saturated rings. The van der Waals surface area contributed by atoms with Crippen LogP contribution in [0.1, 0.15) is 26.3 Å². The first-order chi connectivity index (χ1) is 7.88. The highest BCUT2D eigenvalue weighted by molar-refractivity contribution is 8.01. The van der Waals surface area contributed by atoms with Crippen molar-refractivity contribution in [2.24, 2.45) is 0 Å². The van der Waals surface area contributed by atoms with Crippen LogP contribution in [0.15, 0.2) is 24.3 Å². The number of hydrogen-bond donors (Lipinski definition) is 0. The number of ether oxygens (including phenoxy) is 1. The van der Waals surface area contributed by atoms with Crippen molar-refractivity contribution < 1.29 is 9.53 Å². The summed E-state index contributed by atoms with van der Waals surface area (Å²) in [6.07, 6.45) is 0. The number of carbonyl (C=O) groups is 1. The maximum atomic E-state index is 11.5. The van der Waals surface area contributed by atoms with Gasteiger partial charge in [-0.2, -0.15) is 0 Å². The smallest absolute Gasteiger partial charge is 0.316 e. The highest BCUT2D eigenvalue weighted by Gasteiger charge is 2.14. The zero-order valence-corrected chi connectivity index (χ0v) is 11.9. The number of esters is 1. The van der Waals surface area contributed by atoms with E-state index in [4.69, 9.17) is 16.3 Å². The molecular formula is C13H17ClO2S. The second-order valence-electron chi connectivity index (χ2n) is 4.65. The van der Waals surface area contributed by atoms with Crippen LogP contribution in [0.4, 0.5) is 0 Å². The summed E-state index contributed by atoms with van der Waals surface area (Å²) < 4.78 is 5.23. The van der Waals surface area contributed by atoms with Crippen LogP contribution in [0.25, 0.3) is 0 Å². The molecule has 0 aromatic heterocycles. The Morgan fingerprint density at radius 3 is 2.59 bits per heavy atom. The van der Waals surface area contributed by atoms with Crippen molar-refractivity contribution in [3.05, 3.63) is 34.9 Å². The van der Waals surface area contributed by atoms with Crippen LogP contribution < -0.4 is 0 Å². The third-order valence-corrected chi connectivity index (χ3v) is 3.58. The molecule has 1 rings (SSSR count). The fourth-order valence-electron chi connectivity index (χ4n) is 1.09. The summed E-state index contributed by atoms with van der Waals surface area (Å²) in [7, 11) is 0. The Bertz CT molecular complexity index is 385. The summed E-state index contributed by atoms with van der Waals surface area (Å²) in [4.78, 5) is 11.5. The average Bonchev–Trinajstić information content (AvgIpc) is 2.24. The molecule has 0 spiro atoms. The first kappa shape index (κ1) is 14.4. The lowest BCUT2D eigenvalue weighted by Crippen LogP contribution is -2.15. The van der Waals surface area contributed by atoms with Crippen LogP contribution >= 0.6 is 23.4 Å². The lowest BCUT2D eigenvalue weighted by molar-refractivity contribution is -0.141. The number of thioether (sulfide) groups is 1. The predicted octanol–water partition coefficient (Wildman–Crippen LogP) is 3.91. The van der Waals surface area contributed by atoms with Crippen molar-refractivity contribution >= 4 is 29.3 Å². The van der Waals surface area contributed by atoms with Gasteiger partial charge in [-0.15, -0.1) is 11.8 Å². The van der Waals surface area contributed by atoms with Gasteiger partial charge in [-0.3, -0.25) is 4.79 Å². The van der Waals surface area contributed by atoms with Crippen molar-refractivity contribution in [1.82, 2.24) is 0 Å². The molecule has 0 saturated heterocycles. The fourth-order valence-corrected chi connectivity index (χ4v) is 1.92. The third kappa shape index (κ3) is 5.99. The maximum Gasteiger partial charge on any atom is 0.316 e. The molecule has 0 amide bonds. The van der Waals surface area contributed by atoms with Gasteiger partial charge in [0.25, 0.3) is 0 Å². The fraction of sp³-hybridized carbons (Fsp3) is 0.462. The molecule has 94 valence electrons. The van der Waals surface area contributed by atoms with E-state index in [9.17, 15) is 4.79 Å². The molecule has 2 nitrogen and oxygen atoms in total. The Labute approximate surface area is 112 Å². The van der Waals surface area contributed by atoms with Gasteiger partial charge in [0.2, 0.25) is 0 Å². The van der Waals surface area contributed by atoms with E-state index in [1.807, 2.05) is 18.2 Å². The topological polar surface area (TPSA) is 26.3 Å². The molecule has 0 bridgehead atoms. The van der Waals surface area contributed by atoms with Gasteiger partial charge in [-0.1, -0.05) is 50.6 Å². The molecule has 0 N–H and O–H groups in total. The Kier molecular flexibility index (Phi) is 5.34. The number of rotatable bonds is 4. The highest BCUT2D eigenvalue weighted by atomic mass is 35.5. The van der Waals surface area contributed by atoms with Crippen molar-refractivity contribution in [3.8, 4) is 0 Å². The van der Waals surface area contributed by atoms with Gasteiger partial charge < -0.3 is 4.74 Å². The predicted molar refractivity (Wildman–Crippen MR) is 73.5 cm³/mol. The van der Waals surface area contributed by atoms with Crippen molar-refractivity contribution in [1.29, 1.82) is 0 Å². The van der Waals surface area contributed by atoms with Gasteiger partial charge in [0, 0.05) is 15.3 Å². The zero-order chi connectivity index (χ0) is 12.9. The van der Waals surface area contributed by atoms with Gasteiger partial charge in [0.1, 0.15) is 6.61 Å². The van der Waals surface area contributed by atoms with Gasteiger partial charge >= 0.3 is 5.97 Å². The minimum Gasteiger partial charge on any atom is -0.460 e. The SMILES string of the molecule is CC(C)(C)SCC(=O)OCc1ccccc1Cl. The van der Waals surface area contributed by atoms with E-state index in [0.717, 1.165) is 5.56 Å². The van der Waals surface area contributed by atoms with E-state index in [1.165, 1.54) is 0 Å². The Hall–Kier alpha value is -0.670. The average molecular weight is 273 g/mol. The second kappa shape index (κ2) is 6.31. The summed E-state index contributed by atoms with van der Waals surface area (Å²) in [6, 6.07) is 7.36. The van der Waals surface area contributed by atoms with Crippen LogP contribution in [0.2, 0.25) is 5.02 Å². The van der Waals surface area contributed by atoms with Crippen LogP contribution in [0, 0.1) is 0 Å². The van der Waals surface area contributed by atoms with Gasteiger partial charge in [0.05, 0.1) is 5.75 Å². The molecule has 4 heteroatoms. The largest absolute Gasteiger partial charge is 0.460 e. The van der Waals surface area contributed by atoms with Crippen LogP contribution in [0.3, 0.4) is 0 Å². The normalized spacial score (nSPS) is 11.3. The van der Waals surface area contributed by atoms with E-state index in [2.05, 4.69) is 20.8 Å². The van der Waals surface area contributed by atoms with E-state index in [1.54, 1.807) is 17.8 Å². The van der Waals surface area contributed by atoms with Crippen molar-refractivity contribution in [2.75, 3.05) is 5.75 Å². The third-order valence-electron chi connectivity index (χ3n) is 1.97. The Morgan fingerprint density at radius 2 is 2.00 bits per heavy atom. The summed E-state index contributed by atoms with van der Waals surface area (Å²) in [5.41, 5.74) is 0.836. The van der Waals surface area contributed by atoms with Crippen molar-refractivity contribution in [2.45, 2.75) is 32.1 Å². The molecule has 0 radical (unpaired) electrons. The first-order valence-corrected chi connectivity index (χ1v) is 6.78. The molecule has 0 atom stereocenters. The minimum absolute atomic E-state index is 0.0728. The molecule has 0 aliphatic carbocycles. The van der Waals surface area contributed by atoms with Gasteiger partial charge in [-0.25, -0.2) is 0 Å². The van der Waals surface area contributed by atoms with E-state index < -0.39 is 0 Å². The number of benzene rings is 1. The van der Waals surface area contributed by atoms with E-state index in [0.29, 0.717) is 10.8 Å². The van der Waals surface area contributed by atoms with Crippen LogP contribution in [-0.2, 0) is 16.1 Å².